The Balaban J connectivity index is 1.61. The minimum atomic E-state index is -0.129. The van der Waals surface area contributed by atoms with Crippen LogP contribution in [0.15, 0.2) is 43.0 Å². The molecule has 4 heterocycles. The zero-order valence-electron chi connectivity index (χ0n) is 15.2. The van der Waals surface area contributed by atoms with Crippen molar-refractivity contribution in [1.29, 1.82) is 0 Å². The molecule has 1 aliphatic heterocycles. The van der Waals surface area contributed by atoms with Gasteiger partial charge in [-0.2, -0.15) is 5.10 Å². The van der Waals surface area contributed by atoms with E-state index in [1.165, 1.54) is 4.90 Å². The first-order valence-electron chi connectivity index (χ1n) is 8.80. The van der Waals surface area contributed by atoms with Gasteiger partial charge in [0, 0.05) is 57.3 Å². The molecular weight excluding hydrogens is 344 g/mol. The third-order valence-electron chi connectivity index (χ3n) is 4.89. The van der Waals surface area contributed by atoms with Gasteiger partial charge in [-0.3, -0.25) is 14.6 Å². The van der Waals surface area contributed by atoms with Crippen molar-refractivity contribution in [1.82, 2.24) is 29.4 Å². The molecule has 3 aromatic heterocycles. The van der Waals surface area contributed by atoms with Crippen LogP contribution in [0.1, 0.15) is 38.7 Å². The summed E-state index contributed by atoms with van der Waals surface area (Å²) < 4.78 is 1.72. The quantitative estimate of drug-likeness (QED) is 0.702. The van der Waals surface area contributed by atoms with Crippen LogP contribution in [-0.2, 0) is 0 Å². The second-order valence-corrected chi connectivity index (χ2v) is 6.84. The lowest BCUT2D eigenvalue weighted by molar-refractivity contribution is 0.0789. The third kappa shape index (κ3) is 3.03. The minimum absolute atomic E-state index is 0.00846. The van der Waals surface area contributed by atoms with E-state index in [1.807, 2.05) is 11.0 Å². The maximum absolute atomic E-state index is 12.7. The Morgan fingerprint density at radius 1 is 1.15 bits per heavy atom. The van der Waals surface area contributed by atoms with E-state index in [2.05, 4.69) is 15.1 Å². The molecule has 3 aromatic rings. The molecule has 0 aliphatic carbocycles. The summed E-state index contributed by atoms with van der Waals surface area (Å²) >= 11 is 0. The van der Waals surface area contributed by atoms with Gasteiger partial charge in [0.1, 0.15) is 5.56 Å². The highest BCUT2D eigenvalue weighted by Crippen LogP contribution is 2.28. The van der Waals surface area contributed by atoms with Crippen molar-refractivity contribution >= 4 is 17.5 Å². The van der Waals surface area contributed by atoms with Gasteiger partial charge in [0.2, 0.25) is 0 Å². The van der Waals surface area contributed by atoms with E-state index in [9.17, 15) is 9.59 Å². The summed E-state index contributed by atoms with van der Waals surface area (Å²) in [4.78, 5) is 36.7. The molecule has 138 valence electrons. The predicted octanol–water partition coefficient (Wildman–Crippen LogP) is 1.46. The van der Waals surface area contributed by atoms with E-state index in [0.717, 1.165) is 12.1 Å². The Labute approximate surface area is 156 Å². The van der Waals surface area contributed by atoms with Crippen LogP contribution in [0.3, 0.4) is 0 Å². The van der Waals surface area contributed by atoms with Crippen molar-refractivity contribution in [2.45, 2.75) is 12.3 Å². The standard InChI is InChI=1S/C19H20N6O2/c1-23(2)19(27)15-11-22-25-16(5-9-21-17(15)25)14-6-10-24(12-14)18(26)13-3-7-20-8-4-13/h3-5,7-9,11,14H,6,10,12H2,1-2H3. The number of aromatic nitrogens is 4. The minimum Gasteiger partial charge on any atom is -0.345 e. The molecule has 0 aromatic carbocycles. The first-order valence-corrected chi connectivity index (χ1v) is 8.80. The smallest absolute Gasteiger partial charge is 0.258 e. The van der Waals surface area contributed by atoms with Crippen molar-refractivity contribution in [3.63, 3.8) is 0 Å². The fraction of sp³-hybridized carbons (Fsp3) is 0.316. The SMILES string of the molecule is CN(C)C(=O)c1cnn2c(C3CCN(C(=O)c4ccncc4)C3)ccnc12. The topological polar surface area (TPSA) is 83.7 Å². The molecule has 8 heteroatoms. The van der Waals surface area contributed by atoms with Crippen LogP contribution in [0.4, 0.5) is 0 Å². The maximum atomic E-state index is 12.7. The van der Waals surface area contributed by atoms with Crippen LogP contribution >= 0.6 is 0 Å². The molecule has 2 amide bonds. The van der Waals surface area contributed by atoms with Crippen LogP contribution in [0.5, 0.6) is 0 Å². The Kier molecular flexibility index (Phi) is 4.31. The molecule has 1 aliphatic rings. The lowest BCUT2D eigenvalue weighted by Gasteiger charge is -2.17. The Bertz CT molecular complexity index is 998. The lowest BCUT2D eigenvalue weighted by Crippen LogP contribution is -2.28. The molecule has 4 rings (SSSR count). The number of rotatable bonds is 3. The number of carbonyl (C=O) groups excluding carboxylic acids is 2. The number of amides is 2. The van der Waals surface area contributed by atoms with Gasteiger partial charge in [0.15, 0.2) is 5.65 Å². The lowest BCUT2D eigenvalue weighted by atomic mass is 10.0. The third-order valence-corrected chi connectivity index (χ3v) is 4.89. The van der Waals surface area contributed by atoms with Gasteiger partial charge in [-0.05, 0) is 24.6 Å². The van der Waals surface area contributed by atoms with E-state index >= 15 is 0 Å². The number of likely N-dealkylation sites (tertiary alicyclic amines) is 1. The first-order chi connectivity index (χ1) is 13.1. The molecule has 1 atom stereocenters. The van der Waals surface area contributed by atoms with Gasteiger partial charge in [-0.15, -0.1) is 0 Å². The van der Waals surface area contributed by atoms with E-state index in [1.54, 1.807) is 55.5 Å². The van der Waals surface area contributed by atoms with Crippen LogP contribution in [0.2, 0.25) is 0 Å². The number of carbonyl (C=O) groups is 2. The van der Waals surface area contributed by atoms with Gasteiger partial charge in [-0.25, -0.2) is 9.50 Å². The Hall–Kier alpha value is -3.29. The molecule has 1 fully saturated rings. The average molecular weight is 364 g/mol. The summed E-state index contributed by atoms with van der Waals surface area (Å²) in [6.07, 6.45) is 7.35. The van der Waals surface area contributed by atoms with Crippen LogP contribution in [0, 0.1) is 0 Å². The molecule has 0 spiro atoms. The van der Waals surface area contributed by atoms with Crippen molar-refractivity contribution in [2.24, 2.45) is 0 Å². The zero-order chi connectivity index (χ0) is 19.0. The second kappa shape index (κ2) is 6.79. The molecule has 8 nitrogen and oxygen atoms in total. The van der Waals surface area contributed by atoms with Gasteiger partial charge in [0.05, 0.1) is 11.9 Å². The van der Waals surface area contributed by atoms with Crippen molar-refractivity contribution in [3.8, 4) is 0 Å². The summed E-state index contributed by atoms with van der Waals surface area (Å²) in [6, 6.07) is 5.37. The summed E-state index contributed by atoms with van der Waals surface area (Å²) in [5.74, 6) is 0.0215. The van der Waals surface area contributed by atoms with E-state index in [4.69, 9.17) is 0 Å². The van der Waals surface area contributed by atoms with E-state index < -0.39 is 0 Å². The molecule has 0 radical (unpaired) electrons. The Morgan fingerprint density at radius 3 is 2.67 bits per heavy atom. The molecule has 0 saturated carbocycles. The van der Waals surface area contributed by atoms with E-state index in [0.29, 0.717) is 29.9 Å². The first kappa shape index (κ1) is 17.1. The van der Waals surface area contributed by atoms with Crippen molar-refractivity contribution in [3.05, 3.63) is 59.8 Å². The molecule has 1 saturated heterocycles. The zero-order valence-corrected chi connectivity index (χ0v) is 15.2. The number of hydrogen-bond donors (Lipinski definition) is 0. The fourth-order valence-electron chi connectivity index (χ4n) is 3.47. The van der Waals surface area contributed by atoms with Crippen molar-refractivity contribution < 1.29 is 9.59 Å². The summed E-state index contributed by atoms with van der Waals surface area (Å²) in [5.41, 5.74) is 2.63. The second-order valence-electron chi connectivity index (χ2n) is 6.84. The van der Waals surface area contributed by atoms with Gasteiger partial charge >= 0.3 is 0 Å². The number of fused-ring (bicyclic) bond motifs is 1. The Morgan fingerprint density at radius 2 is 1.93 bits per heavy atom. The van der Waals surface area contributed by atoms with Crippen molar-refractivity contribution in [2.75, 3.05) is 27.2 Å². The normalized spacial score (nSPS) is 16.7. The van der Waals surface area contributed by atoms with Gasteiger partial charge in [0.25, 0.3) is 11.8 Å². The molecule has 0 N–H and O–H groups in total. The van der Waals surface area contributed by atoms with Crippen LogP contribution in [0.25, 0.3) is 5.65 Å². The van der Waals surface area contributed by atoms with Crippen LogP contribution in [-0.4, -0.2) is 68.4 Å². The number of nitrogens with zero attached hydrogens (tertiary/aromatic N) is 6. The molecule has 0 bridgehead atoms. The van der Waals surface area contributed by atoms with E-state index in [-0.39, 0.29) is 17.7 Å². The average Bonchev–Trinajstić information content (AvgIpc) is 3.34. The predicted molar refractivity (Wildman–Crippen MR) is 98.5 cm³/mol. The maximum Gasteiger partial charge on any atom is 0.258 e. The summed E-state index contributed by atoms with van der Waals surface area (Å²) in [5, 5.41) is 4.39. The van der Waals surface area contributed by atoms with Gasteiger partial charge in [-0.1, -0.05) is 0 Å². The van der Waals surface area contributed by atoms with Crippen LogP contribution < -0.4 is 0 Å². The molecular formula is C19H20N6O2. The fourth-order valence-corrected chi connectivity index (χ4v) is 3.47. The number of pyridine rings is 1. The largest absolute Gasteiger partial charge is 0.345 e. The highest BCUT2D eigenvalue weighted by Gasteiger charge is 2.30. The summed E-state index contributed by atoms with van der Waals surface area (Å²) in [6.45, 7) is 1.29. The highest BCUT2D eigenvalue weighted by atomic mass is 16.2. The van der Waals surface area contributed by atoms with Gasteiger partial charge < -0.3 is 9.80 Å². The monoisotopic (exact) mass is 364 g/mol. The highest BCUT2D eigenvalue weighted by molar-refractivity contribution is 5.99. The number of hydrogen-bond acceptors (Lipinski definition) is 5. The molecule has 27 heavy (non-hydrogen) atoms. The summed E-state index contributed by atoms with van der Waals surface area (Å²) in [7, 11) is 3.41. The molecule has 1 unspecified atom stereocenters.